The molecule has 3 N–H and O–H groups in total. The van der Waals surface area contributed by atoms with E-state index in [0.29, 0.717) is 6.42 Å². The summed E-state index contributed by atoms with van der Waals surface area (Å²) in [5.74, 6) is 0. The molecular formula is C8H18O4. The number of rotatable bonds is 6. The van der Waals surface area contributed by atoms with E-state index < -0.39 is 6.10 Å². The molecule has 0 aromatic carbocycles. The molecule has 0 aliphatic heterocycles. The summed E-state index contributed by atoms with van der Waals surface area (Å²) >= 11 is 0. The van der Waals surface area contributed by atoms with Crippen LogP contribution in [0.1, 0.15) is 20.3 Å². The van der Waals surface area contributed by atoms with E-state index in [9.17, 15) is 0 Å². The van der Waals surface area contributed by atoms with E-state index in [-0.39, 0.29) is 25.4 Å². The maximum Gasteiger partial charge on any atom is 0.0832 e. The maximum absolute atomic E-state index is 9.06. The predicted molar refractivity (Wildman–Crippen MR) is 44.8 cm³/mol. The van der Waals surface area contributed by atoms with Gasteiger partial charge in [0.15, 0.2) is 0 Å². The van der Waals surface area contributed by atoms with Crippen molar-refractivity contribution in [3.8, 4) is 0 Å². The monoisotopic (exact) mass is 178 g/mol. The molecular weight excluding hydrogens is 160 g/mol. The van der Waals surface area contributed by atoms with Crippen molar-refractivity contribution in [2.24, 2.45) is 0 Å². The van der Waals surface area contributed by atoms with Crippen molar-refractivity contribution in [2.45, 2.75) is 38.6 Å². The molecule has 0 amide bonds. The molecule has 0 saturated heterocycles. The summed E-state index contributed by atoms with van der Waals surface area (Å²) in [6.45, 7) is 3.21. The Labute approximate surface area is 72.8 Å². The SMILES string of the molecule is C[C@H](O)[C@H](C)OC(CO)CCO. The van der Waals surface area contributed by atoms with E-state index >= 15 is 0 Å². The summed E-state index contributed by atoms with van der Waals surface area (Å²) < 4.78 is 5.24. The lowest BCUT2D eigenvalue weighted by Gasteiger charge is -2.21. The quantitative estimate of drug-likeness (QED) is 0.513. The summed E-state index contributed by atoms with van der Waals surface area (Å²) in [6.07, 6.45) is -0.848. The van der Waals surface area contributed by atoms with Gasteiger partial charge in [-0.1, -0.05) is 0 Å². The summed E-state index contributed by atoms with van der Waals surface area (Å²) in [7, 11) is 0. The second-order valence-corrected chi connectivity index (χ2v) is 2.90. The van der Waals surface area contributed by atoms with Gasteiger partial charge in [-0.2, -0.15) is 0 Å². The number of hydrogen-bond donors (Lipinski definition) is 3. The van der Waals surface area contributed by atoms with Crippen LogP contribution in [-0.2, 0) is 4.74 Å². The third-order valence-corrected chi connectivity index (χ3v) is 1.74. The van der Waals surface area contributed by atoms with Crippen molar-refractivity contribution < 1.29 is 20.1 Å². The Morgan fingerprint density at radius 3 is 2.17 bits per heavy atom. The molecule has 4 nitrogen and oxygen atoms in total. The van der Waals surface area contributed by atoms with Crippen LogP contribution in [-0.4, -0.2) is 46.8 Å². The van der Waals surface area contributed by atoms with Crippen LogP contribution < -0.4 is 0 Å². The molecule has 74 valence electrons. The molecule has 0 aliphatic carbocycles. The zero-order valence-corrected chi connectivity index (χ0v) is 7.60. The van der Waals surface area contributed by atoms with Crippen LogP contribution in [0.3, 0.4) is 0 Å². The van der Waals surface area contributed by atoms with E-state index in [1.807, 2.05) is 0 Å². The molecule has 3 atom stereocenters. The normalized spacial score (nSPS) is 18.8. The first-order chi connectivity index (χ1) is 5.61. The van der Waals surface area contributed by atoms with Gasteiger partial charge >= 0.3 is 0 Å². The van der Waals surface area contributed by atoms with E-state index in [2.05, 4.69) is 0 Å². The second-order valence-electron chi connectivity index (χ2n) is 2.90. The summed E-state index contributed by atoms with van der Waals surface area (Å²) in [6, 6.07) is 0. The Bertz CT molecular complexity index is 105. The lowest BCUT2D eigenvalue weighted by molar-refractivity contribution is -0.0840. The molecule has 0 radical (unpaired) electrons. The highest BCUT2D eigenvalue weighted by atomic mass is 16.5. The topological polar surface area (TPSA) is 69.9 Å². The van der Waals surface area contributed by atoms with Crippen molar-refractivity contribution in [1.29, 1.82) is 0 Å². The third kappa shape index (κ3) is 4.66. The highest BCUT2D eigenvalue weighted by molar-refractivity contribution is 4.62. The molecule has 0 aromatic rings. The molecule has 12 heavy (non-hydrogen) atoms. The molecule has 0 aliphatic rings. The van der Waals surface area contributed by atoms with Gasteiger partial charge in [0.05, 0.1) is 24.9 Å². The molecule has 1 unspecified atom stereocenters. The van der Waals surface area contributed by atoms with Crippen molar-refractivity contribution >= 4 is 0 Å². The maximum atomic E-state index is 9.06. The van der Waals surface area contributed by atoms with Crippen LogP contribution in [0.4, 0.5) is 0 Å². The van der Waals surface area contributed by atoms with Gasteiger partial charge in [0.1, 0.15) is 0 Å². The Morgan fingerprint density at radius 1 is 1.25 bits per heavy atom. The average molecular weight is 178 g/mol. The Kier molecular flexibility index (Phi) is 6.28. The Morgan fingerprint density at radius 2 is 1.83 bits per heavy atom. The molecule has 0 heterocycles. The van der Waals surface area contributed by atoms with Crippen molar-refractivity contribution in [2.75, 3.05) is 13.2 Å². The van der Waals surface area contributed by atoms with Gasteiger partial charge in [0.25, 0.3) is 0 Å². The van der Waals surface area contributed by atoms with Crippen molar-refractivity contribution in [1.82, 2.24) is 0 Å². The van der Waals surface area contributed by atoms with Gasteiger partial charge in [-0.3, -0.25) is 0 Å². The summed E-state index contributed by atoms with van der Waals surface area (Å²) in [4.78, 5) is 0. The zero-order chi connectivity index (χ0) is 9.56. The Balaban J connectivity index is 3.68. The molecule has 0 saturated carbocycles. The first kappa shape index (κ1) is 11.8. The van der Waals surface area contributed by atoms with Gasteiger partial charge in [0, 0.05) is 6.61 Å². The smallest absolute Gasteiger partial charge is 0.0832 e. The van der Waals surface area contributed by atoms with Crippen LogP contribution in [0.5, 0.6) is 0 Å². The lowest BCUT2D eigenvalue weighted by Crippen LogP contribution is -2.31. The zero-order valence-electron chi connectivity index (χ0n) is 7.60. The van der Waals surface area contributed by atoms with Crippen LogP contribution in [0.2, 0.25) is 0 Å². The highest BCUT2D eigenvalue weighted by Gasteiger charge is 2.15. The van der Waals surface area contributed by atoms with Gasteiger partial charge in [0.2, 0.25) is 0 Å². The van der Waals surface area contributed by atoms with Gasteiger partial charge in [-0.05, 0) is 20.3 Å². The fourth-order valence-electron chi connectivity index (χ4n) is 0.764. The van der Waals surface area contributed by atoms with Crippen molar-refractivity contribution in [3.63, 3.8) is 0 Å². The molecule has 0 bridgehead atoms. The summed E-state index contributed by atoms with van der Waals surface area (Å²) in [5.41, 5.74) is 0. The lowest BCUT2D eigenvalue weighted by atomic mass is 10.2. The minimum absolute atomic E-state index is 0.0161. The highest BCUT2D eigenvalue weighted by Crippen LogP contribution is 2.05. The van der Waals surface area contributed by atoms with Crippen molar-refractivity contribution in [3.05, 3.63) is 0 Å². The van der Waals surface area contributed by atoms with E-state index in [0.717, 1.165) is 0 Å². The Hall–Kier alpha value is -0.160. The first-order valence-corrected chi connectivity index (χ1v) is 4.17. The van der Waals surface area contributed by atoms with Crippen LogP contribution in [0.25, 0.3) is 0 Å². The predicted octanol–water partition coefficient (Wildman–Crippen LogP) is -0.484. The third-order valence-electron chi connectivity index (χ3n) is 1.74. The van der Waals surface area contributed by atoms with Gasteiger partial charge in [-0.15, -0.1) is 0 Å². The molecule has 4 heteroatoms. The standard InChI is InChI=1S/C8H18O4/c1-6(11)7(2)12-8(5-10)3-4-9/h6-11H,3-5H2,1-2H3/t6-,7-,8?/m0/s1. The average Bonchev–Trinajstić information content (AvgIpc) is 2.03. The summed E-state index contributed by atoms with van der Waals surface area (Å²) in [5, 5.41) is 26.4. The van der Waals surface area contributed by atoms with E-state index in [1.165, 1.54) is 0 Å². The van der Waals surface area contributed by atoms with Crippen LogP contribution in [0, 0.1) is 0 Å². The van der Waals surface area contributed by atoms with E-state index in [1.54, 1.807) is 13.8 Å². The van der Waals surface area contributed by atoms with Crippen LogP contribution in [0.15, 0.2) is 0 Å². The fraction of sp³-hybridized carbons (Fsp3) is 1.00. The molecule has 0 spiro atoms. The van der Waals surface area contributed by atoms with Crippen LogP contribution >= 0.6 is 0 Å². The number of aliphatic hydroxyl groups excluding tert-OH is 3. The van der Waals surface area contributed by atoms with Gasteiger partial charge < -0.3 is 20.1 Å². The molecule has 0 rings (SSSR count). The van der Waals surface area contributed by atoms with Gasteiger partial charge in [-0.25, -0.2) is 0 Å². The molecule has 0 fully saturated rings. The minimum atomic E-state index is -0.558. The van der Waals surface area contributed by atoms with E-state index in [4.69, 9.17) is 20.1 Å². The second kappa shape index (κ2) is 6.37. The first-order valence-electron chi connectivity index (χ1n) is 4.17. The largest absolute Gasteiger partial charge is 0.396 e. The minimum Gasteiger partial charge on any atom is -0.396 e. The number of aliphatic hydroxyl groups is 3. The fourth-order valence-corrected chi connectivity index (χ4v) is 0.764. The number of ether oxygens (including phenoxy) is 1. The number of hydrogen-bond acceptors (Lipinski definition) is 4. The molecule has 0 aromatic heterocycles.